The average Bonchev–Trinajstić information content (AvgIpc) is 2.94. The molecule has 42 heavy (non-hydrogen) atoms. The number of hydrogen-bond donors (Lipinski definition) is 1. The van der Waals surface area contributed by atoms with Gasteiger partial charge in [-0.1, -0.05) is 161 Å². The molecule has 0 saturated carbocycles. The molecule has 4 nitrogen and oxygen atoms in total. The number of hydrogen-bond acceptors (Lipinski definition) is 4. The number of aliphatic hydroxyl groups excluding tert-OH is 1. The zero-order valence-corrected chi connectivity index (χ0v) is 26.9. The fraction of sp³-hybridized carbons (Fsp3) is 0.889. The van der Waals surface area contributed by atoms with Gasteiger partial charge in [0.2, 0.25) is 0 Å². The number of unbranched alkanes of at least 4 members (excludes halogenated alkanes) is 22. The summed E-state index contributed by atoms with van der Waals surface area (Å²) in [6.45, 7) is 4.48. The molecule has 6 heteroatoms. The summed E-state index contributed by atoms with van der Waals surface area (Å²) in [5.41, 5.74) is 0. The molecule has 0 saturated heterocycles. The van der Waals surface area contributed by atoms with Gasteiger partial charge in [-0.05, 0) is 38.5 Å². The number of aliphatic hydroxyl groups is 1. The molecule has 0 aliphatic heterocycles. The number of carbonyl (C=O) groups is 2. The van der Waals surface area contributed by atoms with E-state index in [1.165, 1.54) is 103 Å². The van der Waals surface area contributed by atoms with Crippen molar-refractivity contribution >= 4 is 87.4 Å². The van der Waals surface area contributed by atoms with Crippen molar-refractivity contribution in [2.75, 3.05) is 0 Å². The van der Waals surface area contributed by atoms with Crippen LogP contribution < -0.4 is 0 Å². The van der Waals surface area contributed by atoms with E-state index in [-0.39, 0.29) is 93.5 Å². The van der Waals surface area contributed by atoms with E-state index in [4.69, 9.17) is 4.74 Å². The van der Waals surface area contributed by atoms with Crippen molar-refractivity contribution in [2.24, 2.45) is 0 Å². The van der Waals surface area contributed by atoms with Crippen LogP contribution in [-0.4, -0.2) is 98.6 Å². The van der Waals surface area contributed by atoms with E-state index in [9.17, 15) is 14.7 Å². The Hall–Kier alpha value is 1.36. The fourth-order valence-corrected chi connectivity index (χ4v) is 5.23. The quantitative estimate of drug-likeness (QED) is 0.0267. The minimum absolute atomic E-state index is 0. The average molecular weight is 649 g/mol. The first-order chi connectivity index (χ1) is 19.6. The summed E-state index contributed by atoms with van der Waals surface area (Å²) in [6.07, 6.45) is 37.1. The molecule has 0 spiro atoms. The SMILES string of the molecule is CCCCCCCCCCCCCCCCCC(=O)OC(=O)CCCCCCC/C=C\C[C@H](O)CCCCCC.[CaH2].[CaH2]. The van der Waals surface area contributed by atoms with Gasteiger partial charge in [-0.25, -0.2) is 0 Å². The normalized spacial score (nSPS) is 11.7. The standard InChI is InChI=1S/C36H68O4.2Ca.4H/c1-3-5-7-9-10-11-12-13-14-15-16-17-21-24-28-32-35(38)40-36(39)33-29-25-22-19-18-20-23-27-31-34(37)30-26-8-6-4-2;;;;;;/h23,27,34,37H,3-22,24-26,28-33H2,1-2H3;;;;;;/b27-23-;;;;;;/t34-;;;;;;/m1....../s1. The molecule has 0 aromatic heterocycles. The van der Waals surface area contributed by atoms with Gasteiger partial charge in [-0.3, -0.25) is 9.59 Å². The van der Waals surface area contributed by atoms with E-state index < -0.39 is 0 Å². The Labute approximate surface area is 321 Å². The zero-order valence-electron chi connectivity index (χ0n) is 26.9. The summed E-state index contributed by atoms with van der Waals surface area (Å²) in [5.74, 6) is -0.709. The van der Waals surface area contributed by atoms with Gasteiger partial charge in [0.15, 0.2) is 0 Å². The first-order valence-electron chi connectivity index (χ1n) is 17.7. The second-order valence-electron chi connectivity index (χ2n) is 12.1. The van der Waals surface area contributed by atoms with Crippen LogP contribution in [0, 0.1) is 0 Å². The molecule has 0 aliphatic carbocycles. The van der Waals surface area contributed by atoms with E-state index in [0.29, 0.717) is 12.8 Å². The van der Waals surface area contributed by atoms with Crippen LogP contribution in [0.2, 0.25) is 0 Å². The predicted molar refractivity (Wildman–Crippen MR) is 189 cm³/mol. The fourth-order valence-electron chi connectivity index (χ4n) is 5.23. The number of ether oxygens (including phenoxy) is 1. The number of allylic oxidation sites excluding steroid dienone is 1. The second kappa shape index (κ2) is 40.4. The van der Waals surface area contributed by atoms with Crippen molar-refractivity contribution in [1.29, 1.82) is 0 Å². The summed E-state index contributed by atoms with van der Waals surface area (Å²) >= 11 is 0. The molecule has 244 valence electrons. The molecule has 0 aromatic rings. The van der Waals surface area contributed by atoms with Crippen LogP contribution in [0.4, 0.5) is 0 Å². The maximum atomic E-state index is 11.9. The Bertz CT molecular complexity index is 583. The maximum absolute atomic E-state index is 11.9. The van der Waals surface area contributed by atoms with Gasteiger partial charge in [0, 0.05) is 12.8 Å². The Morgan fingerprint density at radius 3 is 1.31 bits per heavy atom. The van der Waals surface area contributed by atoms with Gasteiger partial charge in [0.05, 0.1) is 6.10 Å². The van der Waals surface area contributed by atoms with Gasteiger partial charge in [0.25, 0.3) is 0 Å². The van der Waals surface area contributed by atoms with Gasteiger partial charge in [-0.15, -0.1) is 0 Å². The topological polar surface area (TPSA) is 63.6 Å². The van der Waals surface area contributed by atoms with E-state index in [0.717, 1.165) is 70.6 Å². The Balaban J connectivity index is -0.00000760. The monoisotopic (exact) mass is 648 g/mol. The Kier molecular flexibility index (Phi) is 45.9. The summed E-state index contributed by atoms with van der Waals surface area (Å²) in [4.78, 5) is 23.8. The molecule has 0 amide bonds. The van der Waals surface area contributed by atoms with Crippen LogP contribution >= 0.6 is 0 Å². The van der Waals surface area contributed by atoms with Gasteiger partial charge < -0.3 is 9.84 Å². The van der Waals surface area contributed by atoms with Gasteiger partial charge in [0.1, 0.15) is 0 Å². The summed E-state index contributed by atoms with van der Waals surface area (Å²) < 4.78 is 4.99. The van der Waals surface area contributed by atoms with Crippen LogP contribution in [0.5, 0.6) is 0 Å². The number of rotatable bonds is 31. The van der Waals surface area contributed by atoms with Crippen LogP contribution in [0.15, 0.2) is 12.2 Å². The van der Waals surface area contributed by atoms with E-state index >= 15 is 0 Å². The number of esters is 2. The van der Waals surface area contributed by atoms with Crippen molar-refractivity contribution in [3.05, 3.63) is 12.2 Å². The van der Waals surface area contributed by atoms with Gasteiger partial charge in [-0.2, -0.15) is 0 Å². The van der Waals surface area contributed by atoms with Gasteiger partial charge >= 0.3 is 87.4 Å². The first kappa shape index (κ1) is 47.8. The molecular weight excluding hydrogens is 577 g/mol. The molecule has 0 radical (unpaired) electrons. The molecule has 0 bridgehead atoms. The first-order valence-corrected chi connectivity index (χ1v) is 17.7. The van der Waals surface area contributed by atoms with E-state index in [2.05, 4.69) is 26.0 Å². The van der Waals surface area contributed by atoms with Crippen LogP contribution in [0.25, 0.3) is 0 Å². The molecule has 0 rings (SSSR count). The Morgan fingerprint density at radius 1 is 0.524 bits per heavy atom. The summed E-state index contributed by atoms with van der Waals surface area (Å²) in [5, 5.41) is 9.97. The van der Waals surface area contributed by atoms with Crippen molar-refractivity contribution in [3.63, 3.8) is 0 Å². The van der Waals surface area contributed by atoms with Crippen molar-refractivity contribution in [3.8, 4) is 0 Å². The molecule has 1 N–H and O–H groups in total. The third-order valence-electron chi connectivity index (χ3n) is 7.93. The van der Waals surface area contributed by atoms with E-state index in [1.54, 1.807) is 0 Å². The molecule has 0 aromatic carbocycles. The second-order valence-corrected chi connectivity index (χ2v) is 12.1. The van der Waals surface area contributed by atoms with E-state index in [1.807, 2.05) is 0 Å². The van der Waals surface area contributed by atoms with Crippen LogP contribution in [0.3, 0.4) is 0 Å². The summed E-state index contributed by atoms with van der Waals surface area (Å²) in [7, 11) is 0. The molecule has 0 heterocycles. The third kappa shape index (κ3) is 39.4. The third-order valence-corrected chi connectivity index (χ3v) is 7.93. The van der Waals surface area contributed by atoms with Crippen LogP contribution in [0.1, 0.15) is 200 Å². The summed E-state index contributed by atoms with van der Waals surface area (Å²) in [6, 6.07) is 0. The van der Waals surface area contributed by atoms with Crippen molar-refractivity contribution in [1.82, 2.24) is 0 Å². The van der Waals surface area contributed by atoms with Crippen molar-refractivity contribution in [2.45, 2.75) is 206 Å². The number of carbonyl (C=O) groups excluding carboxylic acids is 2. The van der Waals surface area contributed by atoms with Crippen molar-refractivity contribution < 1.29 is 19.4 Å². The molecule has 0 fully saturated rings. The zero-order chi connectivity index (χ0) is 29.4. The molecule has 0 unspecified atom stereocenters. The predicted octanol–water partition coefficient (Wildman–Crippen LogP) is 9.49. The minimum atomic E-state index is -0.359. The van der Waals surface area contributed by atoms with Crippen LogP contribution in [-0.2, 0) is 14.3 Å². The molecular formula is C36H72Ca2O4. The Morgan fingerprint density at radius 2 is 0.881 bits per heavy atom. The molecule has 1 atom stereocenters. The molecule has 0 aliphatic rings.